The van der Waals surface area contributed by atoms with Crippen molar-refractivity contribution in [2.24, 2.45) is 0 Å². The highest BCUT2D eigenvalue weighted by Gasteiger charge is 2.21. The SMILES string of the molecule is COc1cc(C#N)c(Cl)cc1C(C)n1nc(C)c2c(N)ncnc21. The van der Waals surface area contributed by atoms with Gasteiger partial charge in [0.05, 0.1) is 34.8 Å². The van der Waals surface area contributed by atoms with Crippen molar-refractivity contribution in [3.05, 3.63) is 40.3 Å². The van der Waals surface area contributed by atoms with E-state index in [0.29, 0.717) is 27.8 Å². The Hall–Kier alpha value is -2.85. The minimum atomic E-state index is -0.226. The van der Waals surface area contributed by atoms with E-state index in [1.54, 1.807) is 23.9 Å². The molecule has 1 aromatic carbocycles. The van der Waals surface area contributed by atoms with Crippen molar-refractivity contribution in [2.45, 2.75) is 19.9 Å². The van der Waals surface area contributed by atoms with Gasteiger partial charge in [0.2, 0.25) is 0 Å². The summed E-state index contributed by atoms with van der Waals surface area (Å²) in [5, 5.41) is 14.8. The molecule has 2 N–H and O–H groups in total. The van der Waals surface area contributed by atoms with Gasteiger partial charge in [0.25, 0.3) is 0 Å². The second-order valence-corrected chi connectivity index (χ2v) is 5.76. The largest absolute Gasteiger partial charge is 0.496 e. The molecule has 2 aromatic heterocycles. The molecule has 0 fully saturated rings. The Morgan fingerprint density at radius 1 is 1.38 bits per heavy atom. The van der Waals surface area contributed by atoms with E-state index in [4.69, 9.17) is 27.3 Å². The van der Waals surface area contributed by atoms with Gasteiger partial charge >= 0.3 is 0 Å². The first-order valence-electron chi connectivity index (χ1n) is 7.20. The molecule has 3 aromatic rings. The van der Waals surface area contributed by atoms with Gasteiger partial charge in [-0.2, -0.15) is 10.4 Å². The van der Waals surface area contributed by atoms with Crippen LogP contribution in [0.5, 0.6) is 5.75 Å². The van der Waals surface area contributed by atoms with Gasteiger partial charge in [-0.25, -0.2) is 14.6 Å². The van der Waals surface area contributed by atoms with E-state index in [2.05, 4.69) is 15.1 Å². The first kappa shape index (κ1) is 16.0. The summed E-state index contributed by atoms with van der Waals surface area (Å²) in [7, 11) is 1.55. The Morgan fingerprint density at radius 2 is 2.12 bits per heavy atom. The van der Waals surface area contributed by atoms with Crippen LogP contribution in [0, 0.1) is 18.3 Å². The fraction of sp³-hybridized carbons (Fsp3) is 0.250. The molecule has 0 amide bonds. The number of aryl methyl sites for hydroxylation is 1. The maximum absolute atomic E-state index is 9.12. The predicted molar refractivity (Wildman–Crippen MR) is 91.0 cm³/mol. The van der Waals surface area contributed by atoms with Gasteiger partial charge in [0.1, 0.15) is 24.0 Å². The minimum absolute atomic E-state index is 0.226. The van der Waals surface area contributed by atoms with E-state index in [-0.39, 0.29) is 6.04 Å². The number of nitrogen functional groups attached to an aromatic ring is 1. The standard InChI is InChI=1S/C16H15ClN6O/c1-8-14-15(19)20-7-21-16(14)23(22-8)9(2)11-5-12(17)10(6-18)4-13(11)24-3/h4-5,7,9H,1-3H3,(H2,19,20,21). The maximum atomic E-state index is 9.12. The molecule has 0 spiro atoms. The quantitative estimate of drug-likeness (QED) is 0.785. The number of hydrogen-bond donors (Lipinski definition) is 1. The summed E-state index contributed by atoms with van der Waals surface area (Å²) in [6.45, 7) is 3.80. The average molecular weight is 343 g/mol. The van der Waals surface area contributed by atoms with Crippen molar-refractivity contribution in [3.8, 4) is 11.8 Å². The summed E-state index contributed by atoms with van der Waals surface area (Å²) in [5.41, 5.74) is 8.47. The third-order valence-electron chi connectivity index (χ3n) is 3.95. The molecule has 0 saturated carbocycles. The molecule has 3 rings (SSSR count). The number of benzene rings is 1. The lowest BCUT2D eigenvalue weighted by Crippen LogP contribution is -2.11. The van der Waals surface area contributed by atoms with E-state index in [1.807, 2.05) is 19.9 Å². The van der Waals surface area contributed by atoms with Crippen molar-refractivity contribution in [3.63, 3.8) is 0 Å². The van der Waals surface area contributed by atoms with Crippen molar-refractivity contribution in [1.82, 2.24) is 19.7 Å². The van der Waals surface area contributed by atoms with Crippen molar-refractivity contribution in [1.29, 1.82) is 5.26 Å². The smallest absolute Gasteiger partial charge is 0.164 e. The molecule has 0 saturated heterocycles. The van der Waals surface area contributed by atoms with Gasteiger partial charge in [-0.15, -0.1) is 0 Å². The lowest BCUT2D eigenvalue weighted by Gasteiger charge is -2.17. The molecule has 2 heterocycles. The van der Waals surface area contributed by atoms with Crippen LogP contribution >= 0.6 is 11.6 Å². The Bertz CT molecular complexity index is 975. The number of nitrogens with two attached hydrogens (primary N) is 1. The number of nitrogens with zero attached hydrogens (tertiary/aromatic N) is 5. The van der Waals surface area contributed by atoms with Gasteiger partial charge in [0, 0.05) is 5.56 Å². The van der Waals surface area contributed by atoms with E-state index >= 15 is 0 Å². The predicted octanol–water partition coefficient (Wildman–Crippen LogP) is 2.86. The highest BCUT2D eigenvalue weighted by Crippen LogP contribution is 2.34. The van der Waals surface area contributed by atoms with Crippen LogP contribution in [0.2, 0.25) is 5.02 Å². The number of ether oxygens (including phenoxy) is 1. The fourth-order valence-corrected chi connectivity index (χ4v) is 2.94. The van der Waals surface area contributed by atoms with Crippen LogP contribution in [0.4, 0.5) is 5.82 Å². The molecular formula is C16H15ClN6O. The van der Waals surface area contributed by atoms with Crippen molar-refractivity contribution >= 4 is 28.5 Å². The number of nitriles is 1. The molecule has 0 aliphatic rings. The molecule has 7 nitrogen and oxygen atoms in total. The molecule has 0 aliphatic carbocycles. The van der Waals surface area contributed by atoms with Crippen LogP contribution < -0.4 is 10.5 Å². The first-order chi connectivity index (χ1) is 11.5. The zero-order chi connectivity index (χ0) is 17.4. The van der Waals surface area contributed by atoms with Crippen molar-refractivity contribution in [2.75, 3.05) is 12.8 Å². The topological polar surface area (TPSA) is 103 Å². The second kappa shape index (κ2) is 5.98. The third-order valence-corrected chi connectivity index (χ3v) is 4.26. The van der Waals surface area contributed by atoms with E-state index in [1.165, 1.54) is 6.33 Å². The second-order valence-electron chi connectivity index (χ2n) is 5.35. The van der Waals surface area contributed by atoms with Gasteiger partial charge in [-0.05, 0) is 26.0 Å². The summed E-state index contributed by atoms with van der Waals surface area (Å²) in [5.74, 6) is 0.951. The monoisotopic (exact) mass is 342 g/mol. The Kier molecular flexibility index (Phi) is 3.99. The van der Waals surface area contributed by atoms with Crippen LogP contribution in [0.3, 0.4) is 0 Å². The number of halogens is 1. The third kappa shape index (κ3) is 2.41. The summed E-state index contributed by atoms with van der Waals surface area (Å²) < 4.78 is 7.17. The summed E-state index contributed by atoms with van der Waals surface area (Å²) >= 11 is 6.19. The molecule has 0 bridgehead atoms. The summed E-state index contributed by atoms with van der Waals surface area (Å²) in [6, 6.07) is 5.16. The Balaban J connectivity index is 2.21. The van der Waals surface area contributed by atoms with E-state index in [0.717, 1.165) is 16.6 Å². The van der Waals surface area contributed by atoms with Crippen LogP contribution in [0.25, 0.3) is 11.0 Å². The molecule has 0 aliphatic heterocycles. The molecular weight excluding hydrogens is 328 g/mol. The average Bonchev–Trinajstić information content (AvgIpc) is 2.92. The van der Waals surface area contributed by atoms with Crippen LogP contribution in [-0.4, -0.2) is 26.9 Å². The first-order valence-corrected chi connectivity index (χ1v) is 7.58. The van der Waals surface area contributed by atoms with E-state index < -0.39 is 0 Å². The molecule has 0 radical (unpaired) electrons. The number of hydrogen-bond acceptors (Lipinski definition) is 6. The highest BCUT2D eigenvalue weighted by molar-refractivity contribution is 6.31. The Morgan fingerprint density at radius 3 is 2.79 bits per heavy atom. The van der Waals surface area contributed by atoms with Gasteiger partial charge in [0.15, 0.2) is 5.65 Å². The fourth-order valence-electron chi connectivity index (χ4n) is 2.73. The van der Waals surface area contributed by atoms with E-state index in [9.17, 15) is 0 Å². The van der Waals surface area contributed by atoms with Gasteiger partial charge < -0.3 is 10.5 Å². The van der Waals surface area contributed by atoms with Crippen LogP contribution in [-0.2, 0) is 0 Å². The van der Waals surface area contributed by atoms with Gasteiger partial charge in [-0.3, -0.25) is 0 Å². The molecule has 8 heteroatoms. The Labute approximate surface area is 143 Å². The maximum Gasteiger partial charge on any atom is 0.164 e. The highest BCUT2D eigenvalue weighted by atomic mass is 35.5. The van der Waals surface area contributed by atoms with Gasteiger partial charge in [-0.1, -0.05) is 11.6 Å². The van der Waals surface area contributed by atoms with Crippen molar-refractivity contribution < 1.29 is 4.74 Å². The summed E-state index contributed by atoms with van der Waals surface area (Å²) in [6.07, 6.45) is 1.41. The number of anilines is 1. The summed E-state index contributed by atoms with van der Waals surface area (Å²) in [4.78, 5) is 8.32. The van der Waals surface area contributed by atoms with Crippen LogP contribution in [0.15, 0.2) is 18.5 Å². The van der Waals surface area contributed by atoms with Crippen LogP contribution in [0.1, 0.15) is 29.8 Å². The molecule has 24 heavy (non-hydrogen) atoms. The lowest BCUT2D eigenvalue weighted by molar-refractivity contribution is 0.401. The number of rotatable bonds is 3. The number of aromatic nitrogens is 4. The number of methoxy groups -OCH3 is 1. The zero-order valence-corrected chi connectivity index (χ0v) is 14.2. The molecule has 122 valence electrons. The zero-order valence-electron chi connectivity index (χ0n) is 13.4. The number of fused-ring (bicyclic) bond motifs is 1. The normalized spacial score (nSPS) is 12.1. The molecule has 1 unspecified atom stereocenters. The molecule has 1 atom stereocenters. The lowest BCUT2D eigenvalue weighted by atomic mass is 10.0. The minimum Gasteiger partial charge on any atom is -0.496 e.